The fourth-order valence-corrected chi connectivity index (χ4v) is 4.27. The number of hydrogen-bond donors (Lipinski definition) is 6. The highest BCUT2D eigenvalue weighted by molar-refractivity contribution is 7.86. The van der Waals surface area contributed by atoms with E-state index < -0.39 is 41.9 Å². The minimum absolute atomic E-state index is 0.104. The van der Waals surface area contributed by atoms with Gasteiger partial charge in [-0.15, -0.1) is 0 Å². The van der Waals surface area contributed by atoms with E-state index in [4.69, 9.17) is 9.11 Å². The van der Waals surface area contributed by atoms with E-state index in [1.54, 1.807) is 18.2 Å². The van der Waals surface area contributed by atoms with Crippen LogP contribution in [-0.4, -0.2) is 78.5 Å². The molecule has 35 heavy (non-hydrogen) atoms. The lowest BCUT2D eigenvalue weighted by Gasteiger charge is -2.12. The second-order valence-electron chi connectivity index (χ2n) is 7.02. The number of fused-ring (bicyclic) bond motifs is 1. The van der Waals surface area contributed by atoms with Crippen LogP contribution >= 0.6 is 0 Å². The standard InChI is InChI=1S/C17H20N6O9S3/c24-33(25,26)8-6-18-15-21-16(19-7-9-34(27,28)29)23-17(22-15)20-12-5-4-11-2-1-3-14(13(11)10-12)35(30,31)32/h1-5,10H,6-9H2,(H,24,25,26)(H,27,28,29)(H,30,31,32)(H3,18,19,20,21,22,23). The Bertz CT molecular complexity index is 1510. The molecule has 0 aliphatic carbocycles. The Kier molecular flexibility index (Phi) is 7.72. The van der Waals surface area contributed by atoms with Gasteiger partial charge in [0.15, 0.2) is 0 Å². The molecule has 0 amide bonds. The third-order valence-electron chi connectivity index (χ3n) is 4.30. The maximum absolute atomic E-state index is 11.7. The van der Waals surface area contributed by atoms with Crippen molar-refractivity contribution in [3.8, 4) is 0 Å². The summed E-state index contributed by atoms with van der Waals surface area (Å²) in [6.07, 6.45) is 0. The first-order valence-electron chi connectivity index (χ1n) is 9.61. The molecule has 1 heterocycles. The zero-order valence-corrected chi connectivity index (χ0v) is 20.1. The van der Waals surface area contributed by atoms with Gasteiger partial charge in [0.1, 0.15) is 4.90 Å². The summed E-state index contributed by atoms with van der Waals surface area (Å²) in [5, 5.41) is 8.70. The molecule has 1 aromatic heterocycles. The van der Waals surface area contributed by atoms with Crippen LogP contribution in [-0.2, 0) is 30.4 Å². The third-order valence-corrected chi connectivity index (χ3v) is 6.65. The molecule has 0 bridgehead atoms. The number of aromatic nitrogens is 3. The zero-order valence-electron chi connectivity index (χ0n) is 17.7. The SMILES string of the molecule is O=S(=O)(O)CCNc1nc(NCCS(=O)(=O)O)nc(Nc2ccc3cccc(S(=O)(=O)O)c3c2)n1. The maximum Gasteiger partial charge on any atom is 0.295 e. The maximum atomic E-state index is 11.7. The molecule has 15 nitrogen and oxygen atoms in total. The van der Waals surface area contributed by atoms with Crippen molar-refractivity contribution in [2.75, 3.05) is 40.5 Å². The predicted molar refractivity (Wildman–Crippen MR) is 127 cm³/mol. The number of benzene rings is 2. The van der Waals surface area contributed by atoms with Gasteiger partial charge in [-0.05, 0) is 23.6 Å². The Morgan fingerprint density at radius 1 is 0.714 bits per heavy atom. The van der Waals surface area contributed by atoms with E-state index in [0.717, 1.165) is 0 Å². The van der Waals surface area contributed by atoms with E-state index in [9.17, 15) is 29.8 Å². The average molecular weight is 549 g/mol. The van der Waals surface area contributed by atoms with Crippen LogP contribution in [0.3, 0.4) is 0 Å². The van der Waals surface area contributed by atoms with Crippen molar-refractivity contribution in [2.24, 2.45) is 0 Å². The third kappa shape index (κ3) is 8.23. The highest BCUT2D eigenvalue weighted by Gasteiger charge is 2.15. The summed E-state index contributed by atoms with van der Waals surface area (Å²) in [5.74, 6) is -1.67. The fraction of sp³-hybridized carbons (Fsp3) is 0.235. The lowest BCUT2D eigenvalue weighted by atomic mass is 10.1. The molecule has 18 heteroatoms. The summed E-state index contributed by atoms with van der Waals surface area (Å²) < 4.78 is 94.4. The predicted octanol–water partition coefficient (Wildman–Crippen LogP) is 0.615. The number of hydrogen-bond acceptors (Lipinski definition) is 12. The first-order valence-corrected chi connectivity index (χ1v) is 14.3. The molecule has 0 spiro atoms. The molecular formula is C17H20N6O9S3. The van der Waals surface area contributed by atoms with Gasteiger partial charge in [0.05, 0.1) is 11.5 Å². The molecule has 0 radical (unpaired) electrons. The zero-order chi connectivity index (χ0) is 25.9. The van der Waals surface area contributed by atoms with Gasteiger partial charge in [0.2, 0.25) is 17.8 Å². The Hall–Kier alpha value is -3.16. The first kappa shape index (κ1) is 26.4. The molecule has 0 unspecified atom stereocenters. The second-order valence-corrected chi connectivity index (χ2v) is 11.6. The summed E-state index contributed by atoms with van der Waals surface area (Å²) >= 11 is 0. The summed E-state index contributed by atoms with van der Waals surface area (Å²) in [7, 11) is -13.0. The Labute approximate surface area is 200 Å². The molecule has 3 rings (SSSR count). The van der Waals surface area contributed by atoms with Crippen LogP contribution < -0.4 is 16.0 Å². The Morgan fingerprint density at radius 3 is 1.77 bits per heavy atom. The van der Waals surface area contributed by atoms with Gasteiger partial charge in [-0.3, -0.25) is 13.7 Å². The van der Waals surface area contributed by atoms with Crippen molar-refractivity contribution in [3.63, 3.8) is 0 Å². The molecular weight excluding hydrogens is 528 g/mol. The van der Waals surface area contributed by atoms with Crippen LogP contribution in [0.4, 0.5) is 23.5 Å². The van der Waals surface area contributed by atoms with Crippen molar-refractivity contribution in [1.82, 2.24) is 15.0 Å². The van der Waals surface area contributed by atoms with Gasteiger partial charge in [0.25, 0.3) is 30.4 Å². The highest BCUT2D eigenvalue weighted by atomic mass is 32.2. The summed E-state index contributed by atoms with van der Waals surface area (Å²) in [4.78, 5) is 11.8. The van der Waals surface area contributed by atoms with Crippen LogP contribution in [0.1, 0.15) is 0 Å². The monoisotopic (exact) mass is 548 g/mol. The first-order chi connectivity index (χ1) is 16.2. The molecule has 190 valence electrons. The Morgan fingerprint density at radius 2 is 1.26 bits per heavy atom. The molecule has 0 saturated carbocycles. The lowest BCUT2D eigenvalue weighted by Crippen LogP contribution is -2.19. The summed E-state index contributed by atoms with van der Waals surface area (Å²) in [6, 6.07) is 8.95. The lowest BCUT2D eigenvalue weighted by molar-refractivity contribution is 0.481. The van der Waals surface area contributed by atoms with E-state index in [-0.39, 0.29) is 41.2 Å². The van der Waals surface area contributed by atoms with Gasteiger partial charge in [-0.2, -0.15) is 40.2 Å². The highest BCUT2D eigenvalue weighted by Crippen LogP contribution is 2.27. The van der Waals surface area contributed by atoms with Crippen LogP contribution in [0, 0.1) is 0 Å². The van der Waals surface area contributed by atoms with Crippen molar-refractivity contribution in [2.45, 2.75) is 4.90 Å². The van der Waals surface area contributed by atoms with Crippen LogP contribution in [0.2, 0.25) is 0 Å². The van der Waals surface area contributed by atoms with Crippen LogP contribution in [0.15, 0.2) is 41.3 Å². The number of nitrogens with one attached hydrogen (secondary N) is 3. The molecule has 2 aromatic carbocycles. The van der Waals surface area contributed by atoms with Gasteiger partial charge in [-0.25, -0.2) is 0 Å². The fourth-order valence-electron chi connectivity index (χ4n) is 2.85. The minimum atomic E-state index is -4.51. The van der Waals surface area contributed by atoms with E-state index in [2.05, 4.69) is 30.9 Å². The van der Waals surface area contributed by atoms with Gasteiger partial charge < -0.3 is 16.0 Å². The topological polar surface area (TPSA) is 238 Å². The normalized spacial score (nSPS) is 12.4. The molecule has 0 aliphatic rings. The molecule has 0 atom stereocenters. The molecule has 3 aromatic rings. The number of anilines is 4. The van der Waals surface area contributed by atoms with Crippen molar-refractivity contribution in [1.29, 1.82) is 0 Å². The quantitative estimate of drug-likeness (QED) is 0.180. The molecule has 0 aliphatic heterocycles. The second kappa shape index (κ2) is 10.2. The molecule has 0 saturated heterocycles. The van der Waals surface area contributed by atoms with Gasteiger partial charge >= 0.3 is 0 Å². The van der Waals surface area contributed by atoms with Gasteiger partial charge in [0, 0.05) is 24.2 Å². The summed E-state index contributed by atoms with van der Waals surface area (Å²) in [6.45, 7) is -0.527. The van der Waals surface area contributed by atoms with Crippen LogP contribution in [0.25, 0.3) is 10.8 Å². The van der Waals surface area contributed by atoms with E-state index >= 15 is 0 Å². The van der Waals surface area contributed by atoms with E-state index in [1.165, 1.54) is 18.2 Å². The number of nitrogens with zero attached hydrogens (tertiary/aromatic N) is 3. The number of rotatable bonds is 11. The van der Waals surface area contributed by atoms with Crippen molar-refractivity contribution in [3.05, 3.63) is 36.4 Å². The van der Waals surface area contributed by atoms with Crippen LogP contribution in [0.5, 0.6) is 0 Å². The van der Waals surface area contributed by atoms with Crippen molar-refractivity contribution < 1.29 is 38.9 Å². The minimum Gasteiger partial charge on any atom is -0.353 e. The Balaban J connectivity index is 1.92. The van der Waals surface area contributed by atoms with E-state index in [0.29, 0.717) is 11.1 Å². The van der Waals surface area contributed by atoms with Gasteiger partial charge in [-0.1, -0.05) is 18.2 Å². The van der Waals surface area contributed by atoms with Crippen molar-refractivity contribution >= 4 is 64.7 Å². The largest absolute Gasteiger partial charge is 0.353 e. The smallest absolute Gasteiger partial charge is 0.295 e. The average Bonchev–Trinajstić information content (AvgIpc) is 2.70. The molecule has 6 N–H and O–H groups in total. The van der Waals surface area contributed by atoms with E-state index in [1.807, 2.05) is 0 Å². The molecule has 0 fully saturated rings. The summed E-state index contributed by atoms with van der Waals surface area (Å²) in [5.41, 5.74) is 0.313.